The molecule has 0 fully saturated rings. The van der Waals surface area contributed by atoms with E-state index in [0.717, 1.165) is 14.9 Å². The van der Waals surface area contributed by atoms with Crippen LogP contribution in [0.4, 0.5) is 0 Å². The molecule has 110 valence electrons. The van der Waals surface area contributed by atoms with Crippen molar-refractivity contribution in [3.8, 4) is 0 Å². The summed E-state index contributed by atoms with van der Waals surface area (Å²) in [7, 11) is 0. The Hall–Kier alpha value is -1.91. The lowest BCUT2D eigenvalue weighted by Crippen LogP contribution is -2.28. The first-order valence-corrected chi connectivity index (χ1v) is 8.51. The van der Waals surface area contributed by atoms with Gasteiger partial charge in [-0.25, -0.2) is 0 Å². The van der Waals surface area contributed by atoms with E-state index in [0.29, 0.717) is 4.88 Å². The largest absolute Gasteiger partial charge is 0.340 e. The number of carbonyl (C=O) groups excluding carboxylic acids is 1. The normalized spacial score (nSPS) is 10.6. The third-order valence-electron chi connectivity index (χ3n) is 3.34. The Morgan fingerprint density at radius 1 is 0.864 bits per heavy atom. The van der Waals surface area contributed by atoms with Crippen molar-refractivity contribution in [2.45, 2.75) is 6.04 Å². The van der Waals surface area contributed by atoms with E-state index in [9.17, 15) is 4.79 Å². The van der Waals surface area contributed by atoms with Gasteiger partial charge in [0, 0.05) is 0 Å². The number of carbonyl (C=O) groups is 1. The molecule has 4 heteroatoms. The Labute approximate surface area is 141 Å². The molecule has 1 heterocycles. The van der Waals surface area contributed by atoms with Crippen molar-refractivity contribution in [1.29, 1.82) is 0 Å². The molecule has 0 aliphatic heterocycles. The van der Waals surface area contributed by atoms with Crippen LogP contribution in [0, 0.1) is 0 Å². The predicted octanol–water partition coefficient (Wildman–Crippen LogP) is 5.03. The summed E-state index contributed by atoms with van der Waals surface area (Å²) >= 11 is 4.83. The van der Waals surface area contributed by atoms with Crippen LogP contribution in [0.1, 0.15) is 26.8 Å². The van der Waals surface area contributed by atoms with Gasteiger partial charge in [-0.3, -0.25) is 4.79 Å². The number of halogens is 1. The molecule has 0 saturated carbocycles. The first-order valence-electron chi connectivity index (χ1n) is 6.90. The zero-order valence-corrected chi connectivity index (χ0v) is 14.1. The summed E-state index contributed by atoms with van der Waals surface area (Å²) < 4.78 is 0.952. The average molecular weight is 372 g/mol. The van der Waals surface area contributed by atoms with E-state index in [2.05, 4.69) is 21.2 Å². The van der Waals surface area contributed by atoms with Crippen LogP contribution >= 0.6 is 27.3 Å². The van der Waals surface area contributed by atoms with Crippen LogP contribution < -0.4 is 5.32 Å². The van der Waals surface area contributed by atoms with Crippen molar-refractivity contribution < 1.29 is 4.79 Å². The molecule has 1 N–H and O–H groups in total. The molecule has 1 aromatic heterocycles. The van der Waals surface area contributed by atoms with E-state index in [1.807, 2.05) is 72.8 Å². The summed E-state index contributed by atoms with van der Waals surface area (Å²) in [6.45, 7) is 0. The van der Waals surface area contributed by atoms with Gasteiger partial charge in [-0.2, -0.15) is 0 Å². The molecular formula is C18H14BrNOS. The first-order chi connectivity index (χ1) is 10.7. The Morgan fingerprint density at radius 2 is 1.41 bits per heavy atom. The number of amides is 1. The summed E-state index contributed by atoms with van der Waals surface area (Å²) in [5.74, 6) is -0.0617. The molecule has 0 aliphatic rings. The maximum Gasteiger partial charge on any atom is 0.262 e. The number of hydrogen-bond donors (Lipinski definition) is 1. The van der Waals surface area contributed by atoms with Crippen LogP contribution in [0.25, 0.3) is 0 Å². The van der Waals surface area contributed by atoms with Crippen molar-refractivity contribution in [1.82, 2.24) is 5.32 Å². The standard InChI is InChI=1S/C18H14BrNOS/c19-16-12-11-15(22-16)18(21)20-17(13-7-3-1-4-8-13)14-9-5-2-6-10-14/h1-12,17H,(H,20,21). The van der Waals surface area contributed by atoms with Crippen LogP contribution in [0.3, 0.4) is 0 Å². The fourth-order valence-electron chi connectivity index (χ4n) is 2.29. The molecule has 0 spiro atoms. The number of nitrogens with one attached hydrogen (secondary N) is 1. The van der Waals surface area contributed by atoms with E-state index in [-0.39, 0.29) is 11.9 Å². The summed E-state index contributed by atoms with van der Waals surface area (Å²) in [5.41, 5.74) is 2.13. The van der Waals surface area contributed by atoms with Gasteiger partial charge in [0.25, 0.3) is 5.91 Å². The minimum atomic E-state index is -0.157. The van der Waals surface area contributed by atoms with Gasteiger partial charge in [0.05, 0.1) is 14.7 Å². The number of benzene rings is 2. The lowest BCUT2D eigenvalue weighted by Gasteiger charge is -2.19. The summed E-state index contributed by atoms with van der Waals surface area (Å²) in [4.78, 5) is 13.2. The van der Waals surface area contributed by atoms with Crippen molar-refractivity contribution in [2.24, 2.45) is 0 Å². The topological polar surface area (TPSA) is 29.1 Å². The predicted molar refractivity (Wildman–Crippen MR) is 94.2 cm³/mol. The van der Waals surface area contributed by atoms with E-state index in [1.54, 1.807) is 0 Å². The Bertz CT molecular complexity index is 716. The van der Waals surface area contributed by atoms with Gasteiger partial charge in [-0.05, 0) is 39.2 Å². The second-order valence-corrected chi connectivity index (χ2v) is 7.29. The zero-order chi connectivity index (χ0) is 15.4. The second-order valence-electron chi connectivity index (χ2n) is 4.83. The van der Waals surface area contributed by atoms with Gasteiger partial charge in [-0.15, -0.1) is 11.3 Å². The molecule has 0 atom stereocenters. The number of hydrogen-bond acceptors (Lipinski definition) is 2. The minimum absolute atomic E-state index is 0.0617. The highest BCUT2D eigenvalue weighted by Gasteiger charge is 2.18. The molecule has 3 rings (SSSR count). The monoisotopic (exact) mass is 371 g/mol. The fraction of sp³-hybridized carbons (Fsp3) is 0.0556. The van der Waals surface area contributed by atoms with Crippen molar-refractivity contribution >= 4 is 33.2 Å². The maximum absolute atomic E-state index is 12.5. The van der Waals surface area contributed by atoms with E-state index >= 15 is 0 Å². The lowest BCUT2D eigenvalue weighted by atomic mass is 9.98. The van der Waals surface area contributed by atoms with Crippen LogP contribution in [0.5, 0.6) is 0 Å². The summed E-state index contributed by atoms with van der Waals surface area (Å²) in [6.07, 6.45) is 0. The third-order valence-corrected chi connectivity index (χ3v) is 4.96. The zero-order valence-electron chi connectivity index (χ0n) is 11.7. The van der Waals surface area contributed by atoms with E-state index in [4.69, 9.17) is 0 Å². The average Bonchev–Trinajstić information content (AvgIpc) is 3.01. The molecule has 0 bridgehead atoms. The van der Waals surface area contributed by atoms with Crippen molar-refractivity contribution in [3.63, 3.8) is 0 Å². The summed E-state index contributed by atoms with van der Waals surface area (Å²) in [5, 5.41) is 3.13. The maximum atomic E-state index is 12.5. The number of thiophene rings is 1. The van der Waals surface area contributed by atoms with Gasteiger partial charge < -0.3 is 5.32 Å². The van der Waals surface area contributed by atoms with Crippen LogP contribution in [-0.2, 0) is 0 Å². The van der Waals surface area contributed by atoms with Crippen LogP contribution in [0.2, 0.25) is 0 Å². The molecule has 0 radical (unpaired) electrons. The fourth-order valence-corrected chi connectivity index (χ4v) is 3.58. The van der Waals surface area contributed by atoms with Crippen LogP contribution in [0.15, 0.2) is 76.6 Å². The Kier molecular flexibility index (Phi) is 4.71. The quantitative estimate of drug-likeness (QED) is 0.684. The van der Waals surface area contributed by atoms with Crippen molar-refractivity contribution in [2.75, 3.05) is 0 Å². The lowest BCUT2D eigenvalue weighted by molar-refractivity contribution is 0.0947. The highest BCUT2D eigenvalue weighted by Crippen LogP contribution is 2.25. The van der Waals surface area contributed by atoms with Gasteiger partial charge in [0.1, 0.15) is 0 Å². The highest BCUT2D eigenvalue weighted by atomic mass is 79.9. The minimum Gasteiger partial charge on any atom is -0.340 e. The van der Waals surface area contributed by atoms with E-state index < -0.39 is 0 Å². The molecule has 0 saturated heterocycles. The van der Waals surface area contributed by atoms with Gasteiger partial charge >= 0.3 is 0 Å². The first kappa shape index (κ1) is 15.0. The molecule has 2 nitrogen and oxygen atoms in total. The smallest absolute Gasteiger partial charge is 0.262 e. The highest BCUT2D eigenvalue weighted by molar-refractivity contribution is 9.11. The second kappa shape index (κ2) is 6.90. The molecule has 0 unspecified atom stereocenters. The molecule has 1 amide bonds. The van der Waals surface area contributed by atoms with Gasteiger partial charge in [-0.1, -0.05) is 60.7 Å². The van der Waals surface area contributed by atoms with Crippen LogP contribution in [-0.4, -0.2) is 5.91 Å². The molecule has 22 heavy (non-hydrogen) atoms. The Morgan fingerprint density at radius 3 is 1.86 bits per heavy atom. The molecule has 0 aliphatic carbocycles. The van der Waals surface area contributed by atoms with Gasteiger partial charge in [0.15, 0.2) is 0 Å². The third kappa shape index (κ3) is 3.46. The van der Waals surface area contributed by atoms with Crippen molar-refractivity contribution in [3.05, 3.63) is 92.6 Å². The van der Waals surface area contributed by atoms with E-state index in [1.165, 1.54) is 11.3 Å². The van der Waals surface area contributed by atoms with Gasteiger partial charge in [0.2, 0.25) is 0 Å². The number of rotatable bonds is 4. The molecule has 3 aromatic rings. The molecule has 2 aromatic carbocycles. The SMILES string of the molecule is O=C(NC(c1ccccc1)c1ccccc1)c1ccc(Br)s1. The summed E-state index contributed by atoms with van der Waals surface area (Å²) in [6, 6.07) is 23.6. The molecular weight excluding hydrogens is 358 g/mol. The Balaban J connectivity index is 1.91.